The standard InChI is InChI=1S/C50H95NO13/c1-3-5-7-9-11-13-15-17-18-19-20-22-23-25-27-29-31-33-39(54)38(51-42(55)34-32-30-28-26-24-21-16-14-12-10-8-6-4-2)37-61-49-47(60)45(58)48(41(36-53)63-49)64-50-46(59)44(57)43(56)40(35-52)62-50/h14,16,38-41,43-50,52-54,56-60H,3-13,15,17-37H2,1-2H3,(H,51,55)/b16-14-. The summed E-state index contributed by atoms with van der Waals surface area (Å²) in [6.07, 6.45) is 22.1. The second kappa shape index (κ2) is 37.7. The molecule has 9 N–H and O–H groups in total. The van der Waals surface area contributed by atoms with Crippen LogP contribution in [0.5, 0.6) is 0 Å². The van der Waals surface area contributed by atoms with Crippen molar-refractivity contribution in [2.75, 3.05) is 19.8 Å². The number of nitrogens with one attached hydrogen (secondary N) is 1. The largest absolute Gasteiger partial charge is 0.394 e. The molecule has 0 saturated carbocycles. The molecule has 14 nitrogen and oxygen atoms in total. The molecule has 2 aliphatic heterocycles. The number of ether oxygens (including phenoxy) is 4. The first-order chi connectivity index (χ1) is 31.1. The normalized spacial score (nSPS) is 27.3. The Morgan fingerprint density at radius 1 is 0.547 bits per heavy atom. The molecule has 14 heteroatoms. The molecule has 0 aromatic carbocycles. The van der Waals surface area contributed by atoms with Gasteiger partial charge in [0.15, 0.2) is 12.6 Å². The third-order valence-corrected chi connectivity index (χ3v) is 13.0. The smallest absolute Gasteiger partial charge is 0.220 e. The zero-order valence-corrected chi connectivity index (χ0v) is 40.0. The van der Waals surface area contributed by atoms with E-state index in [4.69, 9.17) is 18.9 Å². The van der Waals surface area contributed by atoms with Gasteiger partial charge in [0, 0.05) is 6.42 Å². The van der Waals surface area contributed by atoms with Crippen molar-refractivity contribution in [3.8, 4) is 0 Å². The Hall–Kier alpha value is -1.27. The lowest BCUT2D eigenvalue weighted by molar-refractivity contribution is -0.359. The van der Waals surface area contributed by atoms with Crippen molar-refractivity contribution in [3.63, 3.8) is 0 Å². The molecule has 2 heterocycles. The van der Waals surface area contributed by atoms with Crippen LogP contribution in [0.4, 0.5) is 0 Å². The third-order valence-electron chi connectivity index (χ3n) is 13.0. The van der Waals surface area contributed by atoms with E-state index in [1.54, 1.807) is 0 Å². The number of carbonyl (C=O) groups is 1. The summed E-state index contributed by atoms with van der Waals surface area (Å²) in [5.74, 6) is -0.215. The van der Waals surface area contributed by atoms with Gasteiger partial charge in [-0.25, -0.2) is 0 Å². The van der Waals surface area contributed by atoms with E-state index in [0.29, 0.717) is 19.3 Å². The Morgan fingerprint density at radius 2 is 0.984 bits per heavy atom. The Balaban J connectivity index is 1.83. The number of amides is 1. The fourth-order valence-corrected chi connectivity index (χ4v) is 8.70. The molecule has 1 amide bonds. The molecule has 0 radical (unpaired) electrons. The second-order valence-corrected chi connectivity index (χ2v) is 18.7. The Morgan fingerprint density at radius 3 is 1.50 bits per heavy atom. The van der Waals surface area contributed by atoms with Crippen LogP contribution in [0.15, 0.2) is 12.2 Å². The van der Waals surface area contributed by atoms with Gasteiger partial charge in [0.05, 0.1) is 32.0 Å². The summed E-state index contributed by atoms with van der Waals surface area (Å²) in [5.41, 5.74) is 0. The molecule has 2 rings (SSSR count). The highest BCUT2D eigenvalue weighted by atomic mass is 16.7. The number of hydrogen-bond acceptors (Lipinski definition) is 13. The Kier molecular flexibility index (Phi) is 34.7. The van der Waals surface area contributed by atoms with Gasteiger partial charge in [0.1, 0.15) is 48.8 Å². The number of allylic oxidation sites excluding steroid dienone is 2. The molecule has 0 aromatic rings. The molecule has 0 aromatic heterocycles. The summed E-state index contributed by atoms with van der Waals surface area (Å²) in [7, 11) is 0. The summed E-state index contributed by atoms with van der Waals surface area (Å²) < 4.78 is 22.7. The SMILES string of the molecule is CCCCCC/C=C\CCCCCCCC(=O)NC(COC1OC(CO)C(OC2OC(CO)C(O)C(O)C2O)C(O)C1O)C(O)CCCCCCCCCCCCCCCCCCC. The van der Waals surface area contributed by atoms with Gasteiger partial charge in [-0.15, -0.1) is 0 Å². The van der Waals surface area contributed by atoms with Crippen LogP contribution >= 0.6 is 0 Å². The predicted molar refractivity (Wildman–Crippen MR) is 249 cm³/mol. The molecule has 2 fully saturated rings. The Bertz CT molecular complexity index is 1130. The molecule has 0 bridgehead atoms. The van der Waals surface area contributed by atoms with E-state index in [0.717, 1.165) is 64.2 Å². The summed E-state index contributed by atoms with van der Waals surface area (Å²) >= 11 is 0. The lowest BCUT2D eigenvalue weighted by atomic mass is 9.97. The topological polar surface area (TPSA) is 228 Å². The fraction of sp³-hybridized carbons (Fsp3) is 0.940. The van der Waals surface area contributed by atoms with Gasteiger partial charge in [0.2, 0.25) is 5.91 Å². The van der Waals surface area contributed by atoms with E-state index < -0.39 is 86.8 Å². The fourth-order valence-electron chi connectivity index (χ4n) is 8.70. The van der Waals surface area contributed by atoms with Crippen molar-refractivity contribution in [1.82, 2.24) is 5.32 Å². The third kappa shape index (κ3) is 24.7. The number of rotatable bonds is 40. The quantitative estimate of drug-likeness (QED) is 0.0229. The maximum Gasteiger partial charge on any atom is 0.220 e. The highest BCUT2D eigenvalue weighted by Crippen LogP contribution is 2.30. The van der Waals surface area contributed by atoms with E-state index in [9.17, 15) is 45.6 Å². The average Bonchev–Trinajstić information content (AvgIpc) is 3.29. The zero-order chi connectivity index (χ0) is 46.8. The molecule has 0 aliphatic carbocycles. The second-order valence-electron chi connectivity index (χ2n) is 18.7. The minimum atomic E-state index is -1.78. The monoisotopic (exact) mass is 918 g/mol. The van der Waals surface area contributed by atoms with Crippen molar-refractivity contribution in [2.45, 2.75) is 280 Å². The first-order valence-corrected chi connectivity index (χ1v) is 25.9. The first kappa shape index (κ1) is 58.9. The van der Waals surface area contributed by atoms with Crippen molar-refractivity contribution in [1.29, 1.82) is 0 Å². The molecule has 2 saturated heterocycles. The summed E-state index contributed by atoms with van der Waals surface area (Å²) in [6.45, 7) is 2.83. The van der Waals surface area contributed by atoms with Crippen molar-refractivity contribution >= 4 is 5.91 Å². The van der Waals surface area contributed by atoms with Crippen molar-refractivity contribution in [2.24, 2.45) is 0 Å². The van der Waals surface area contributed by atoms with Crippen LogP contribution < -0.4 is 5.32 Å². The van der Waals surface area contributed by atoms with E-state index in [-0.39, 0.29) is 12.5 Å². The summed E-state index contributed by atoms with van der Waals surface area (Å²) in [6, 6.07) is -0.828. The van der Waals surface area contributed by atoms with E-state index in [1.807, 2.05) is 0 Å². The van der Waals surface area contributed by atoms with Crippen molar-refractivity contribution < 1.29 is 64.6 Å². The summed E-state index contributed by atoms with van der Waals surface area (Å²) in [4.78, 5) is 13.2. The molecule has 12 unspecified atom stereocenters. The van der Waals surface area contributed by atoms with Crippen LogP contribution in [0.3, 0.4) is 0 Å². The highest BCUT2D eigenvalue weighted by Gasteiger charge is 2.51. The van der Waals surface area contributed by atoms with Gasteiger partial charge in [-0.05, 0) is 38.5 Å². The van der Waals surface area contributed by atoms with Crippen LogP contribution in [0, 0.1) is 0 Å². The lowest BCUT2D eigenvalue weighted by Gasteiger charge is -2.46. The van der Waals surface area contributed by atoms with Crippen LogP contribution in [0.25, 0.3) is 0 Å². The van der Waals surface area contributed by atoms with Gasteiger partial charge in [0.25, 0.3) is 0 Å². The molecule has 12 atom stereocenters. The molecule has 64 heavy (non-hydrogen) atoms. The van der Waals surface area contributed by atoms with E-state index >= 15 is 0 Å². The molecule has 0 spiro atoms. The maximum absolute atomic E-state index is 13.2. The van der Waals surface area contributed by atoms with Crippen LogP contribution in [0.1, 0.15) is 206 Å². The number of hydrogen-bond donors (Lipinski definition) is 9. The van der Waals surface area contributed by atoms with E-state index in [1.165, 1.54) is 109 Å². The van der Waals surface area contributed by atoms with E-state index in [2.05, 4.69) is 31.3 Å². The lowest BCUT2D eigenvalue weighted by Crippen LogP contribution is -2.65. The summed E-state index contributed by atoms with van der Waals surface area (Å²) in [5, 5.41) is 86.9. The van der Waals surface area contributed by atoms with Gasteiger partial charge < -0.3 is 65.1 Å². The number of aliphatic hydroxyl groups excluding tert-OH is 8. The van der Waals surface area contributed by atoms with Gasteiger partial charge in [-0.3, -0.25) is 4.79 Å². The van der Waals surface area contributed by atoms with Crippen LogP contribution in [0.2, 0.25) is 0 Å². The minimum Gasteiger partial charge on any atom is -0.394 e. The number of aliphatic hydroxyl groups is 8. The van der Waals surface area contributed by atoms with Crippen LogP contribution in [-0.2, 0) is 23.7 Å². The maximum atomic E-state index is 13.2. The first-order valence-electron chi connectivity index (χ1n) is 25.9. The molecule has 378 valence electrons. The molecular formula is C50H95NO13. The predicted octanol–water partition coefficient (Wildman–Crippen LogP) is 6.77. The number of unbranched alkanes of at least 4 members (excludes halogenated alkanes) is 25. The molecule has 2 aliphatic rings. The molecular weight excluding hydrogens is 823 g/mol. The van der Waals surface area contributed by atoms with Gasteiger partial charge >= 0.3 is 0 Å². The minimum absolute atomic E-state index is 0.215. The zero-order valence-electron chi connectivity index (χ0n) is 40.0. The average molecular weight is 918 g/mol. The van der Waals surface area contributed by atoms with Gasteiger partial charge in [-0.1, -0.05) is 174 Å². The van der Waals surface area contributed by atoms with Crippen LogP contribution in [-0.4, -0.2) is 140 Å². The van der Waals surface area contributed by atoms with Gasteiger partial charge in [-0.2, -0.15) is 0 Å². The Labute approximate surface area is 386 Å². The number of carbonyl (C=O) groups excluding carboxylic acids is 1. The highest BCUT2D eigenvalue weighted by molar-refractivity contribution is 5.76. The van der Waals surface area contributed by atoms with Crippen molar-refractivity contribution in [3.05, 3.63) is 12.2 Å².